The zero-order valence-electron chi connectivity index (χ0n) is 27.0. The van der Waals surface area contributed by atoms with Gasteiger partial charge < -0.3 is 14.2 Å². The summed E-state index contributed by atoms with van der Waals surface area (Å²) in [7, 11) is 0. The molecule has 0 aliphatic heterocycles. The third kappa shape index (κ3) is 6.67. The van der Waals surface area contributed by atoms with Crippen molar-refractivity contribution in [3.05, 3.63) is 123 Å². The van der Waals surface area contributed by atoms with E-state index < -0.39 is 29.0 Å². The number of ether oxygens (including phenoxy) is 3. The van der Waals surface area contributed by atoms with Gasteiger partial charge in [-0.3, -0.25) is 0 Å². The minimum absolute atomic E-state index is 0.0887. The molecule has 6 rings (SSSR count). The van der Waals surface area contributed by atoms with Gasteiger partial charge in [-0.05, 0) is 98.2 Å². The van der Waals surface area contributed by atoms with E-state index in [0.717, 1.165) is 73.3 Å². The third-order valence-corrected chi connectivity index (χ3v) is 9.56. The fourth-order valence-electron chi connectivity index (χ4n) is 7.12. The Bertz CT molecular complexity index is 1790. The van der Waals surface area contributed by atoms with Crippen LogP contribution in [0.3, 0.4) is 0 Å². The molecule has 4 aromatic rings. The van der Waals surface area contributed by atoms with Crippen LogP contribution in [0.15, 0.2) is 72.8 Å². The van der Waals surface area contributed by atoms with Crippen LogP contribution in [0.5, 0.6) is 17.2 Å². The van der Waals surface area contributed by atoms with Crippen LogP contribution >= 0.6 is 0 Å². The number of hydrogen-bond donors (Lipinski definition) is 0. The average Bonchev–Trinajstić information content (AvgIpc) is 3.64. The minimum atomic E-state index is -0.666. The topological polar surface area (TPSA) is 61.8 Å². The molecule has 2 aliphatic rings. The summed E-state index contributed by atoms with van der Waals surface area (Å²) in [5.41, 5.74) is 4.00. The number of halogens is 2. The second-order valence-electron chi connectivity index (χ2n) is 12.7. The Labute approximate surface area is 274 Å². The molecule has 47 heavy (non-hydrogen) atoms. The number of esters is 2. The first-order valence-corrected chi connectivity index (χ1v) is 16.7. The normalized spacial score (nSPS) is 16.2. The average molecular weight is 639 g/mol. The predicted octanol–water partition coefficient (Wildman–Crippen LogP) is 9.63. The molecule has 5 nitrogen and oxygen atoms in total. The van der Waals surface area contributed by atoms with Gasteiger partial charge >= 0.3 is 11.9 Å². The number of hydrogen-bond acceptors (Lipinski definition) is 5. The molecule has 2 aliphatic carbocycles. The van der Waals surface area contributed by atoms with E-state index in [1.54, 1.807) is 31.2 Å². The lowest BCUT2D eigenvalue weighted by atomic mass is 9.76. The fraction of sp³-hybridized carbons (Fsp3) is 0.350. The molecule has 0 heterocycles. The van der Waals surface area contributed by atoms with Crippen LogP contribution in [0, 0.1) is 18.6 Å². The summed E-state index contributed by atoms with van der Waals surface area (Å²) >= 11 is 0. The zero-order valence-corrected chi connectivity index (χ0v) is 27.0. The number of carbonyl (C=O) groups is 2. The van der Waals surface area contributed by atoms with Crippen LogP contribution in [0.4, 0.5) is 8.78 Å². The summed E-state index contributed by atoms with van der Waals surface area (Å²) in [6.07, 6.45) is 9.65. The van der Waals surface area contributed by atoms with Gasteiger partial charge in [0.2, 0.25) is 0 Å². The van der Waals surface area contributed by atoms with Crippen molar-refractivity contribution >= 4 is 11.9 Å². The van der Waals surface area contributed by atoms with Gasteiger partial charge in [0.1, 0.15) is 17.3 Å². The Kier molecular flexibility index (Phi) is 9.71. The SMILES string of the molecule is CCCCCCCCOc1ccc(C(=O)Oc2cccc3c2[C@]2(CCc4cccc(OC(=O)c5ccc(C)c(F)c5)c42)CC3)cc1F. The molecule has 4 aromatic carbocycles. The summed E-state index contributed by atoms with van der Waals surface area (Å²) in [5.74, 6) is -1.44. The monoisotopic (exact) mass is 638 g/mol. The minimum Gasteiger partial charge on any atom is -0.491 e. The van der Waals surface area contributed by atoms with E-state index in [2.05, 4.69) is 6.92 Å². The number of fused-ring (bicyclic) bond motifs is 4. The molecule has 0 amide bonds. The van der Waals surface area contributed by atoms with Gasteiger partial charge in [-0.15, -0.1) is 0 Å². The Morgan fingerprint density at radius 2 is 1.23 bits per heavy atom. The smallest absolute Gasteiger partial charge is 0.343 e. The molecule has 0 saturated carbocycles. The third-order valence-electron chi connectivity index (χ3n) is 9.56. The molecule has 1 spiro atoms. The van der Waals surface area contributed by atoms with Gasteiger partial charge in [-0.1, -0.05) is 69.4 Å². The lowest BCUT2D eigenvalue weighted by Gasteiger charge is -2.29. The second kappa shape index (κ2) is 14.1. The lowest BCUT2D eigenvalue weighted by molar-refractivity contribution is 0.0725. The molecule has 0 N–H and O–H groups in total. The number of aryl methyl sites for hydroxylation is 3. The van der Waals surface area contributed by atoms with Gasteiger partial charge in [0, 0.05) is 16.5 Å². The Morgan fingerprint density at radius 3 is 1.81 bits per heavy atom. The lowest BCUT2D eigenvalue weighted by Crippen LogP contribution is -2.24. The molecule has 0 saturated heterocycles. The maximum absolute atomic E-state index is 15.0. The van der Waals surface area contributed by atoms with E-state index in [1.807, 2.05) is 24.3 Å². The van der Waals surface area contributed by atoms with Gasteiger partial charge in [0.05, 0.1) is 17.7 Å². The number of benzene rings is 4. The van der Waals surface area contributed by atoms with E-state index >= 15 is 0 Å². The number of unbranched alkanes of at least 4 members (excludes halogenated alkanes) is 5. The van der Waals surface area contributed by atoms with Gasteiger partial charge in [-0.25, -0.2) is 18.4 Å². The van der Waals surface area contributed by atoms with Crippen molar-refractivity contribution in [2.24, 2.45) is 0 Å². The zero-order chi connectivity index (χ0) is 33.0. The Morgan fingerprint density at radius 1 is 0.681 bits per heavy atom. The van der Waals surface area contributed by atoms with Crippen LogP contribution < -0.4 is 14.2 Å². The molecule has 0 unspecified atom stereocenters. The molecule has 0 fully saturated rings. The molecule has 7 heteroatoms. The standard InChI is InChI=1S/C40H40F2O5/c1-3-4-5-6-7-8-23-45-33-18-17-30(25-32(33)42)39(44)47-35-14-10-12-28-20-22-40(37(28)35)21-19-27-11-9-13-34(36(27)40)46-38(43)29-16-15-26(2)31(41)24-29/h9-18,24-25H,3-8,19-23H2,1-2H3/t40-/m1/s1. The van der Waals surface area contributed by atoms with E-state index in [9.17, 15) is 18.4 Å². The number of rotatable bonds is 12. The highest BCUT2D eigenvalue weighted by Gasteiger charge is 2.49. The van der Waals surface area contributed by atoms with E-state index in [-0.39, 0.29) is 16.9 Å². The van der Waals surface area contributed by atoms with Gasteiger partial charge in [0.15, 0.2) is 11.6 Å². The maximum atomic E-state index is 15.0. The number of carbonyl (C=O) groups excluding carboxylic acids is 2. The van der Waals surface area contributed by atoms with Crippen molar-refractivity contribution in [3.63, 3.8) is 0 Å². The molecular formula is C40H40F2O5. The molecule has 244 valence electrons. The summed E-state index contributed by atoms with van der Waals surface area (Å²) in [4.78, 5) is 26.6. The molecule has 0 radical (unpaired) electrons. The van der Waals surface area contributed by atoms with Crippen molar-refractivity contribution in [3.8, 4) is 17.2 Å². The fourth-order valence-corrected chi connectivity index (χ4v) is 7.12. The van der Waals surface area contributed by atoms with Crippen molar-refractivity contribution in [2.45, 2.75) is 83.5 Å². The Hall–Kier alpha value is -4.52. The summed E-state index contributed by atoms with van der Waals surface area (Å²) in [5, 5.41) is 0. The van der Waals surface area contributed by atoms with Crippen LogP contribution in [0.1, 0.15) is 107 Å². The van der Waals surface area contributed by atoms with E-state index in [4.69, 9.17) is 14.2 Å². The van der Waals surface area contributed by atoms with Gasteiger partial charge in [0.25, 0.3) is 0 Å². The van der Waals surface area contributed by atoms with E-state index in [0.29, 0.717) is 23.7 Å². The highest BCUT2D eigenvalue weighted by Crippen LogP contribution is 2.57. The highest BCUT2D eigenvalue weighted by atomic mass is 19.1. The molecule has 1 atom stereocenters. The largest absolute Gasteiger partial charge is 0.491 e. The molecule has 0 aromatic heterocycles. The maximum Gasteiger partial charge on any atom is 0.343 e. The van der Waals surface area contributed by atoms with Crippen LogP contribution in [-0.4, -0.2) is 18.5 Å². The van der Waals surface area contributed by atoms with Gasteiger partial charge in [-0.2, -0.15) is 0 Å². The van der Waals surface area contributed by atoms with Crippen LogP contribution in [0.25, 0.3) is 0 Å². The van der Waals surface area contributed by atoms with Crippen molar-refractivity contribution in [1.82, 2.24) is 0 Å². The quantitative estimate of drug-likeness (QED) is 0.0879. The first-order chi connectivity index (χ1) is 22.8. The first-order valence-electron chi connectivity index (χ1n) is 16.7. The highest BCUT2D eigenvalue weighted by molar-refractivity contribution is 5.92. The summed E-state index contributed by atoms with van der Waals surface area (Å²) in [6, 6.07) is 19.8. The van der Waals surface area contributed by atoms with Crippen molar-refractivity contribution in [2.75, 3.05) is 6.61 Å². The molecule has 0 bridgehead atoms. The van der Waals surface area contributed by atoms with Crippen LogP contribution in [0.2, 0.25) is 0 Å². The van der Waals surface area contributed by atoms with E-state index in [1.165, 1.54) is 37.5 Å². The van der Waals surface area contributed by atoms with Crippen LogP contribution in [-0.2, 0) is 18.3 Å². The van der Waals surface area contributed by atoms with Crippen molar-refractivity contribution in [1.29, 1.82) is 0 Å². The Balaban J connectivity index is 1.21. The summed E-state index contributed by atoms with van der Waals surface area (Å²) in [6.45, 7) is 4.24. The molecular weight excluding hydrogens is 598 g/mol. The predicted molar refractivity (Wildman–Crippen MR) is 177 cm³/mol. The summed E-state index contributed by atoms with van der Waals surface area (Å²) < 4.78 is 46.8. The van der Waals surface area contributed by atoms with Crippen molar-refractivity contribution < 1.29 is 32.6 Å². The second-order valence-corrected chi connectivity index (χ2v) is 12.7. The first kappa shape index (κ1) is 32.4.